The van der Waals surface area contributed by atoms with Crippen molar-refractivity contribution in [3.63, 3.8) is 0 Å². The number of hydrogen-bond acceptors (Lipinski definition) is 3. The van der Waals surface area contributed by atoms with Crippen LogP contribution in [0.15, 0.2) is 42.6 Å². The molecule has 1 unspecified atom stereocenters. The molecule has 5 aliphatic rings. The first-order chi connectivity index (χ1) is 18.4. The lowest BCUT2D eigenvalue weighted by Gasteiger charge is -2.56. The average Bonchev–Trinajstić information content (AvgIpc) is 3.38. The highest BCUT2D eigenvalue weighted by atomic mass is 16.5. The first-order valence-corrected chi connectivity index (χ1v) is 14.7. The first kappa shape index (κ1) is 25.7. The van der Waals surface area contributed by atoms with Gasteiger partial charge in [0.25, 0.3) is 0 Å². The van der Waals surface area contributed by atoms with E-state index in [1.807, 2.05) is 9.80 Å². The molecule has 7 rings (SSSR count). The number of carbonyl (C=O) groups excluding carboxylic acids is 2. The fourth-order valence-electron chi connectivity index (χ4n) is 8.48. The van der Waals surface area contributed by atoms with Crippen molar-refractivity contribution in [1.29, 1.82) is 0 Å². The van der Waals surface area contributed by atoms with Gasteiger partial charge < -0.3 is 19.1 Å². The van der Waals surface area contributed by atoms with Gasteiger partial charge in [-0.25, -0.2) is 0 Å². The van der Waals surface area contributed by atoms with E-state index in [2.05, 4.69) is 61.0 Å². The zero-order valence-electron chi connectivity index (χ0n) is 23.3. The van der Waals surface area contributed by atoms with E-state index in [-0.39, 0.29) is 29.8 Å². The number of hydrogen-bond donors (Lipinski definition) is 0. The molecule has 1 atom stereocenters. The Balaban J connectivity index is 1.26. The monoisotopic (exact) mass is 517 g/mol. The second kappa shape index (κ2) is 10.2. The summed E-state index contributed by atoms with van der Waals surface area (Å²) in [6.07, 6.45) is 9.04. The lowest BCUT2D eigenvalue weighted by molar-refractivity contribution is -0.161. The summed E-state index contributed by atoms with van der Waals surface area (Å²) in [7, 11) is 1.67. The zero-order chi connectivity index (χ0) is 26.4. The minimum Gasteiger partial charge on any atom is -0.383 e. The Morgan fingerprint density at radius 1 is 1.00 bits per heavy atom. The molecule has 2 heterocycles. The second-order valence-corrected chi connectivity index (χ2v) is 12.9. The fraction of sp³-hybridized carbons (Fsp3) is 0.625. The highest BCUT2D eigenvalue weighted by Gasteiger charge is 2.55. The van der Waals surface area contributed by atoms with Crippen LogP contribution in [0.4, 0.5) is 0 Å². The highest BCUT2D eigenvalue weighted by molar-refractivity contribution is 5.88. The number of amides is 2. The summed E-state index contributed by atoms with van der Waals surface area (Å²) in [6.45, 7) is 6.87. The Hall–Kier alpha value is -2.60. The molecular weight excluding hydrogens is 474 g/mol. The second-order valence-electron chi connectivity index (χ2n) is 12.9. The lowest BCUT2D eigenvalue weighted by atomic mass is 9.49. The van der Waals surface area contributed by atoms with Crippen molar-refractivity contribution in [1.82, 2.24) is 14.4 Å². The molecule has 38 heavy (non-hydrogen) atoms. The molecule has 0 radical (unpaired) electrons. The Labute approximate surface area is 227 Å². The van der Waals surface area contributed by atoms with Crippen molar-refractivity contribution in [2.75, 3.05) is 33.4 Å². The molecule has 0 spiro atoms. The van der Waals surface area contributed by atoms with Crippen LogP contribution in [0.25, 0.3) is 0 Å². The number of rotatable bonds is 8. The molecule has 4 fully saturated rings. The first-order valence-electron chi connectivity index (χ1n) is 14.7. The van der Waals surface area contributed by atoms with Crippen LogP contribution in [0, 0.1) is 23.2 Å². The lowest BCUT2D eigenvalue weighted by Crippen LogP contribution is -2.57. The van der Waals surface area contributed by atoms with Gasteiger partial charge in [0.1, 0.15) is 0 Å². The minimum atomic E-state index is -0.258. The fourth-order valence-corrected chi connectivity index (χ4v) is 8.48. The number of fused-ring (bicyclic) bond motifs is 1. The van der Waals surface area contributed by atoms with Gasteiger partial charge in [-0.2, -0.15) is 0 Å². The molecule has 6 nitrogen and oxygen atoms in total. The third-order valence-electron chi connectivity index (χ3n) is 9.95. The van der Waals surface area contributed by atoms with Gasteiger partial charge in [-0.05, 0) is 85.5 Å². The van der Waals surface area contributed by atoms with Crippen molar-refractivity contribution in [3.05, 3.63) is 59.4 Å². The number of aromatic nitrogens is 1. The topological polar surface area (TPSA) is 54.8 Å². The molecular formula is C32H43N3O3. The van der Waals surface area contributed by atoms with Gasteiger partial charge in [0.05, 0.1) is 24.6 Å². The van der Waals surface area contributed by atoms with Crippen LogP contribution >= 0.6 is 0 Å². The van der Waals surface area contributed by atoms with Gasteiger partial charge in [-0.3, -0.25) is 9.59 Å². The normalized spacial score (nSPS) is 29.5. The standard InChI is InChI=1S/C32H43N3O3/c1-22(2)26-6-8-27(9-7-26)30-28-5-4-10-33(28)11-12-35(30)29(36)21-34(13-14-38-3)31(37)32-18-23-15-24(19-32)17-25(16-23)20-32/h4-10,22-25,30H,11-21H2,1-3H3. The van der Waals surface area contributed by atoms with Crippen LogP contribution in [0.2, 0.25) is 0 Å². The van der Waals surface area contributed by atoms with Gasteiger partial charge in [0.2, 0.25) is 11.8 Å². The van der Waals surface area contributed by atoms with E-state index < -0.39 is 0 Å². The van der Waals surface area contributed by atoms with Gasteiger partial charge in [0.15, 0.2) is 0 Å². The molecule has 2 amide bonds. The van der Waals surface area contributed by atoms with E-state index in [9.17, 15) is 9.59 Å². The minimum absolute atomic E-state index is 0.0320. The number of nitrogens with zero attached hydrogens (tertiary/aromatic N) is 3. The predicted octanol–water partition coefficient (Wildman–Crippen LogP) is 5.23. The third kappa shape index (κ3) is 4.59. The van der Waals surface area contributed by atoms with E-state index in [4.69, 9.17) is 4.74 Å². The number of benzene rings is 1. The SMILES string of the molecule is COCCN(CC(=O)N1CCn2cccc2C1c1ccc(C(C)C)cc1)C(=O)C12CC3CC(CC(C3)C1)C2. The van der Waals surface area contributed by atoms with Crippen molar-refractivity contribution in [3.8, 4) is 0 Å². The van der Waals surface area contributed by atoms with Crippen LogP contribution in [0.1, 0.15) is 81.2 Å². The summed E-state index contributed by atoms with van der Waals surface area (Å²) in [5, 5.41) is 0. The number of carbonyl (C=O) groups is 2. The molecule has 6 heteroatoms. The van der Waals surface area contributed by atoms with Crippen LogP contribution in [-0.4, -0.2) is 59.5 Å². The quantitative estimate of drug-likeness (QED) is 0.482. The van der Waals surface area contributed by atoms with Crippen molar-refractivity contribution >= 4 is 11.8 Å². The maximum absolute atomic E-state index is 14.2. The van der Waals surface area contributed by atoms with E-state index in [0.717, 1.165) is 37.1 Å². The molecule has 2 aromatic rings. The molecule has 4 bridgehead atoms. The van der Waals surface area contributed by atoms with E-state index in [1.54, 1.807) is 7.11 Å². The highest BCUT2D eigenvalue weighted by Crippen LogP contribution is 2.60. The summed E-state index contributed by atoms with van der Waals surface area (Å²) in [4.78, 5) is 32.2. The van der Waals surface area contributed by atoms with Crippen molar-refractivity contribution in [2.24, 2.45) is 23.2 Å². The molecule has 4 saturated carbocycles. The van der Waals surface area contributed by atoms with E-state index >= 15 is 0 Å². The summed E-state index contributed by atoms with van der Waals surface area (Å²) in [5.74, 6) is 2.78. The van der Waals surface area contributed by atoms with Gasteiger partial charge in [-0.15, -0.1) is 0 Å². The molecule has 204 valence electrons. The predicted molar refractivity (Wildman–Crippen MR) is 148 cm³/mol. The Kier molecular flexibility index (Phi) is 6.88. The van der Waals surface area contributed by atoms with Gasteiger partial charge >= 0.3 is 0 Å². The molecule has 1 aromatic heterocycles. The average molecular weight is 518 g/mol. The summed E-state index contributed by atoms with van der Waals surface area (Å²) in [5.41, 5.74) is 3.30. The third-order valence-corrected chi connectivity index (χ3v) is 9.95. The van der Waals surface area contributed by atoms with Crippen LogP contribution < -0.4 is 0 Å². The Morgan fingerprint density at radius 2 is 1.66 bits per heavy atom. The van der Waals surface area contributed by atoms with E-state index in [1.165, 1.54) is 24.8 Å². The Morgan fingerprint density at radius 3 is 2.26 bits per heavy atom. The molecule has 0 saturated heterocycles. The van der Waals surface area contributed by atoms with Gasteiger partial charge in [-0.1, -0.05) is 38.1 Å². The van der Waals surface area contributed by atoms with Gasteiger partial charge in [0, 0.05) is 38.6 Å². The van der Waals surface area contributed by atoms with Crippen molar-refractivity contribution in [2.45, 2.75) is 70.9 Å². The van der Waals surface area contributed by atoms with Crippen molar-refractivity contribution < 1.29 is 14.3 Å². The number of ether oxygens (including phenoxy) is 1. The van der Waals surface area contributed by atoms with Crippen LogP contribution in [0.3, 0.4) is 0 Å². The smallest absolute Gasteiger partial charge is 0.243 e. The van der Waals surface area contributed by atoms with Crippen LogP contribution in [-0.2, 0) is 20.9 Å². The largest absolute Gasteiger partial charge is 0.383 e. The summed E-state index contributed by atoms with van der Waals surface area (Å²) in [6, 6.07) is 12.8. The Bertz CT molecular complexity index is 1130. The number of methoxy groups -OCH3 is 1. The summed E-state index contributed by atoms with van der Waals surface area (Å²) < 4.78 is 7.66. The van der Waals surface area contributed by atoms with Crippen LogP contribution in [0.5, 0.6) is 0 Å². The molecule has 0 N–H and O–H groups in total. The zero-order valence-corrected chi connectivity index (χ0v) is 23.3. The molecule has 4 aliphatic carbocycles. The maximum Gasteiger partial charge on any atom is 0.243 e. The molecule has 1 aliphatic heterocycles. The molecule has 1 aromatic carbocycles. The summed E-state index contributed by atoms with van der Waals surface area (Å²) >= 11 is 0. The van der Waals surface area contributed by atoms with E-state index in [0.29, 0.717) is 43.4 Å². The maximum atomic E-state index is 14.2.